The van der Waals surface area contributed by atoms with Crippen LogP contribution in [-0.4, -0.2) is 6.61 Å². The van der Waals surface area contributed by atoms with E-state index in [-0.39, 0.29) is 0 Å². The van der Waals surface area contributed by atoms with Gasteiger partial charge in [0, 0.05) is 10.9 Å². The Kier molecular flexibility index (Phi) is 5.65. The first-order valence-corrected chi connectivity index (χ1v) is 6.67. The van der Waals surface area contributed by atoms with Crippen LogP contribution in [-0.2, 0) is 0 Å². The Hall–Kier alpha value is -0.0500. The number of rotatable bonds is 4. The first-order valence-electron chi connectivity index (χ1n) is 4.29. The SMILES string of the molecule is N#CCCCOc1c(Br)cc(Br)cc1Br. The van der Waals surface area contributed by atoms with Crippen molar-refractivity contribution < 1.29 is 4.74 Å². The van der Waals surface area contributed by atoms with E-state index >= 15 is 0 Å². The maximum absolute atomic E-state index is 8.38. The van der Waals surface area contributed by atoms with Crippen LogP contribution in [0.15, 0.2) is 25.6 Å². The molecule has 0 aliphatic heterocycles. The Bertz CT molecular complexity index is 364. The molecule has 15 heavy (non-hydrogen) atoms. The zero-order valence-corrected chi connectivity index (χ0v) is 12.5. The fourth-order valence-corrected chi connectivity index (χ4v) is 3.48. The van der Waals surface area contributed by atoms with Gasteiger partial charge in [0.25, 0.3) is 0 Å². The normalized spacial score (nSPS) is 9.73. The molecule has 0 aliphatic rings. The largest absolute Gasteiger partial charge is 0.491 e. The second kappa shape index (κ2) is 6.51. The lowest BCUT2D eigenvalue weighted by Crippen LogP contribution is -1.98. The summed E-state index contributed by atoms with van der Waals surface area (Å²) in [6.07, 6.45) is 1.26. The quantitative estimate of drug-likeness (QED) is 0.692. The Labute approximate surface area is 114 Å². The van der Waals surface area contributed by atoms with Crippen molar-refractivity contribution in [2.45, 2.75) is 12.8 Å². The maximum atomic E-state index is 8.38. The zero-order valence-electron chi connectivity index (χ0n) is 7.77. The van der Waals surface area contributed by atoms with Crippen molar-refractivity contribution in [1.29, 1.82) is 5.26 Å². The van der Waals surface area contributed by atoms with Crippen LogP contribution in [0.4, 0.5) is 0 Å². The van der Waals surface area contributed by atoms with Gasteiger partial charge >= 0.3 is 0 Å². The molecule has 1 aromatic rings. The Morgan fingerprint density at radius 3 is 2.33 bits per heavy atom. The van der Waals surface area contributed by atoms with Gasteiger partial charge in [0.15, 0.2) is 0 Å². The molecule has 5 heteroatoms. The number of halogens is 3. The minimum atomic E-state index is 0.520. The smallest absolute Gasteiger partial charge is 0.147 e. The lowest BCUT2D eigenvalue weighted by molar-refractivity contribution is 0.309. The molecule has 0 aliphatic carbocycles. The fourth-order valence-electron chi connectivity index (χ4n) is 0.992. The summed E-state index contributed by atoms with van der Waals surface area (Å²) >= 11 is 10.2. The van der Waals surface area contributed by atoms with Crippen LogP contribution in [0.5, 0.6) is 5.75 Å². The average Bonchev–Trinajstić information content (AvgIpc) is 2.15. The number of nitriles is 1. The summed E-state index contributed by atoms with van der Waals surface area (Å²) in [6.45, 7) is 0.548. The molecule has 0 aromatic heterocycles. The molecule has 0 N–H and O–H groups in total. The molecule has 80 valence electrons. The van der Waals surface area contributed by atoms with Gasteiger partial charge in [-0.05, 0) is 50.4 Å². The minimum absolute atomic E-state index is 0.520. The molecule has 0 unspecified atom stereocenters. The number of nitrogens with zero attached hydrogens (tertiary/aromatic N) is 1. The van der Waals surface area contributed by atoms with Crippen molar-refractivity contribution >= 4 is 47.8 Å². The van der Waals surface area contributed by atoms with Crippen LogP contribution in [0.25, 0.3) is 0 Å². The van der Waals surface area contributed by atoms with Gasteiger partial charge < -0.3 is 4.74 Å². The fraction of sp³-hybridized carbons (Fsp3) is 0.300. The van der Waals surface area contributed by atoms with Crippen LogP contribution in [0.2, 0.25) is 0 Å². The summed E-state index contributed by atoms with van der Waals surface area (Å²) in [5.41, 5.74) is 0. The summed E-state index contributed by atoms with van der Waals surface area (Å²) in [6, 6.07) is 5.92. The standard InChI is InChI=1S/C10H8Br3NO/c11-7-5-8(12)10(9(13)6-7)15-4-2-1-3-14/h5-6H,1-2,4H2. The van der Waals surface area contributed by atoms with Crippen LogP contribution in [0.1, 0.15) is 12.8 Å². The van der Waals surface area contributed by atoms with E-state index < -0.39 is 0 Å². The molecule has 0 fully saturated rings. The Balaban J connectivity index is 2.65. The Morgan fingerprint density at radius 2 is 1.80 bits per heavy atom. The van der Waals surface area contributed by atoms with Crippen LogP contribution in [0.3, 0.4) is 0 Å². The van der Waals surface area contributed by atoms with E-state index in [1.807, 2.05) is 12.1 Å². The van der Waals surface area contributed by atoms with Gasteiger partial charge in [-0.3, -0.25) is 0 Å². The summed E-state index contributed by atoms with van der Waals surface area (Å²) in [4.78, 5) is 0. The molecular weight excluding hydrogens is 390 g/mol. The highest BCUT2D eigenvalue weighted by molar-refractivity contribution is 9.11. The third kappa shape index (κ3) is 4.13. The Morgan fingerprint density at radius 1 is 1.20 bits per heavy atom. The molecule has 0 saturated heterocycles. The van der Waals surface area contributed by atoms with Gasteiger partial charge in [-0.2, -0.15) is 5.26 Å². The predicted molar refractivity (Wildman–Crippen MR) is 69.9 cm³/mol. The number of ether oxygens (including phenoxy) is 1. The van der Waals surface area contributed by atoms with E-state index in [4.69, 9.17) is 10.00 Å². The van der Waals surface area contributed by atoms with Gasteiger partial charge in [-0.25, -0.2) is 0 Å². The summed E-state index contributed by atoms with van der Waals surface area (Å²) in [7, 11) is 0. The van der Waals surface area contributed by atoms with E-state index in [9.17, 15) is 0 Å². The molecule has 0 amide bonds. The first-order chi connectivity index (χ1) is 7.15. The van der Waals surface area contributed by atoms with Crippen molar-refractivity contribution in [3.8, 4) is 11.8 Å². The van der Waals surface area contributed by atoms with Crippen molar-refractivity contribution in [2.24, 2.45) is 0 Å². The topological polar surface area (TPSA) is 33.0 Å². The van der Waals surface area contributed by atoms with Crippen molar-refractivity contribution in [3.05, 3.63) is 25.6 Å². The first kappa shape index (κ1) is 13.0. The third-order valence-electron chi connectivity index (χ3n) is 1.64. The monoisotopic (exact) mass is 395 g/mol. The van der Waals surface area contributed by atoms with Crippen molar-refractivity contribution in [3.63, 3.8) is 0 Å². The summed E-state index contributed by atoms with van der Waals surface area (Å²) in [5.74, 6) is 0.774. The summed E-state index contributed by atoms with van der Waals surface area (Å²) in [5, 5.41) is 8.38. The predicted octanol–water partition coefficient (Wildman–Crippen LogP) is 4.66. The molecule has 1 aromatic carbocycles. The zero-order chi connectivity index (χ0) is 11.3. The van der Waals surface area contributed by atoms with Crippen LogP contribution >= 0.6 is 47.8 Å². The molecule has 1 rings (SSSR count). The van der Waals surface area contributed by atoms with E-state index in [1.54, 1.807) is 0 Å². The third-order valence-corrected chi connectivity index (χ3v) is 3.28. The molecule has 0 atom stereocenters. The molecule has 0 saturated carbocycles. The molecule has 2 nitrogen and oxygen atoms in total. The van der Waals surface area contributed by atoms with Gasteiger partial charge in [-0.15, -0.1) is 0 Å². The van der Waals surface area contributed by atoms with Crippen LogP contribution in [0, 0.1) is 11.3 Å². The van der Waals surface area contributed by atoms with Gasteiger partial charge in [0.1, 0.15) is 5.75 Å². The molecule has 0 radical (unpaired) electrons. The highest BCUT2D eigenvalue weighted by atomic mass is 79.9. The van der Waals surface area contributed by atoms with Gasteiger partial charge in [0.2, 0.25) is 0 Å². The van der Waals surface area contributed by atoms with E-state index in [0.717, 1.165) is 25.6 Å². The van der Waals surface area contributed by atoms with Gasteiger partial charge in [-0.1, -0.05) is 15.9 Å². The number of hydrogen-bond donors (Lipinski definition) is 0. The van der Waals surface area contributed by atoms with Crippen molar-refractivity contribution in [2.75, 3.05) is 6.61 Å². The van der Waals surface area contributed by atoms with E-state index in [1.165, 1.54) is 0 Å². The van der Waals surface area contributed by atoms with Crippen molar-refractivity contribution in [1.82, 2.24) is 0 Å². The lowest BCUT2D eigenvalue weighted by atomic mass is 10.3. The highest BCUT2D eigenvalue weighted by Gasteiger charge is 2.07. The molecule has 0 spiro atoms. The molecule has 0 bridgehead atoms. The highest BCUT2D eigenvalue weighted by Crippen LogP contribution is 2.36. The number of hydrogen-bond acceptors (Lipinski definition) is 2. The average molecular weight is 398 g/mol. The van der Waals surface area contributed by atoms with Crippen LogP contribution < -0.4 is 4.74 Å². The summed E-state index contributed by atoms with van der Waals surface area (Å²) < 4.78 is 8.32. The molecular formula is C10H8Br3NO. The molecule has 0 heterocycles. The number of benzene rings is 1. The number of unbranched alkanes of at least 4 members (excludes halogenated alkanes) is 1. The minimum Gasteiger partial charge on any atom is -0.491 e. The van der Waals surface area contributed by atoms with Gasteiger partial charge in [0.05, 0.1) is 21.6 Å². The second-order valence-electron chi connectivity index (χ2n) is 2.81. The maximum Gasteiger partial charge on any atom is 0.147 e. The van der Waals surface area contributed by atoms with E-state index in [0.29, 0.717) is 13.0 Å². The second-order valence-corrected chi connectivity index (χ2v) is 5.43. The van der Waals surface area contributed by atoms with E-state index in [2.05, 4.69) is 53.9 Å². The lowest BCUT2D eigenvalue weighted by Gasteiger charge is -2.09.